The Bertz CT molecular complexity index is 1360. The van der Waals surface area contributed by atoms with Gasteiger partial charge in [0.25, 0.3) is 0 Å². The number of rotatable bonds is 25. The Balaban J connectivity index is 2.29. The van der Waals surface area contributed by atoms with Crippen molar-refractivity contribution in [2.45, 2.75) is 136 Å². The van der Waals surface area contributed by atoms with E-state index in [1.54, 1.807) is 38.0 Å². The number of nitrogens with two attached hydrogens (primary N) is 1. The number of likely N-dealkylation sites (tertiary alicyclic amines) is 1. The van der Waals surface area contributed by atoms with Crippen LogP contribution >= 0.6 is 0 Å². The Morgan fingerprint density at radius 3 is 2.12 bits per heavy atom. The lowest BCUT2D eigenvalue weighted by molar-refractivity contribution is -0.149. The van der Waals surface area contributed by atoms with Gasteiger partial charge in [-0.05, 0) is 69.6 Å². The smallest absolute Gasteiger partial charge is 0.245 e. The van der Waals surface area contributed by atoms with Gasteiger partial charge >= 0.3 is 0 Å². The number of nitrogens with one attached hydrogen (secondary N) is 2. The molecule has 1 saturated heterocycles. The van der Waals surface area contributed by atoms with Gasteiger partial charge in [-0.2, -0.15) is 0 Å². The van der Waals surface area contributed by atoms with Gasteiger partial charge in [0, 0.05) is 27.8 Å². The second-order valence-corrected chi connectivity index (χ2v) is 16.7. The summed E-state index contributed by atoms with van der Waals surface area (Å²) in [5.41, 5.74) is 6.55. The molecule has 1 fully saturated rings. The number of aliphatic hydroxyl groups excluding tert-OH is 1. The van der Waals surface area contributed by atoms with Gasteiger partial charge in [0.15, 0.2) is 6.29 Å². The second-order valence-electron chi connectivity index (χ2n) is 16.7. The van der Waals surface area contributed by atoms with Crippen molar-refractivity contribution in [3.05, 3.63) is 35.9 Å². The van der Waals surface area contributed by atoms with Crippen LogP contribution in [0.5, 0.6) is 0 Å². The van der Waals surface area contributed by atoms with Crippen LogP contribution in [0.25, 0.3) is 0 Å². The molecule has 0 bridgehead atoms. The molecule has 2 rings (SSSR count). The molecule has 1 aliphatic rings. The highest BCUT2D eigenvalue weighted by molar-refractivity contribution is 5.90. The van der Waals surface area contributed by atoms with E-state index < -0.39 is 48.6 Å². The maximum absolute atomic E-state index is 14.3. The third-order valence-corrected chi connectivity index (χ3v) is 11.6. The Hall–Kier alpha value is -3.14. The maximum atomic E-state index is 14.3. The quantitative estimate of drug-likeness (QED) is 0.0850. The molecule has 5 N–H and O–H groups in total. The van der Waals surface area contributed by atoms with Crippen LogP contribution in [-0.2, 0) is 39.8 Å². The minimum atomic E-state index is -1.25. The molecule has 0 aromatic heterocycles. The lowest BCUT2D eigenvalue weighted by atomic mass is 9.89. The van der Waals surface area contributed by atoms with E-state index in [0.29, 0.717) is 32.4 Å². The van der Waals surface area contributed by atoms with Crippen molar-refractivity contribution in [3.8, 4) is 0 Å². The molecular formula is C43H76N6O8. The summed E-state index contributed by atoms with van der Waals surface area (Å²) in [6.07, 6.45) is 0.507. The van der Waals surface area contributed by atoms with Crippen LogP contribution in [0.2, 0.25) is 0 Å². The Labute approximate surface area is 342 Å². The number of amides is 4. The largest absolute Gasteiger partial charge is 0.379 e. The normalized spacial score (nSPS) is 19.4. The molecule has 10 atom stereocenters. The minimum Gasteiger partial charge on any atom is -0.379 e. The molecule has 1 aromatic rings. The zero-order valence-corrected chi connectivity index (χ0v) is 36.9. The van der Waals surface area contributed by atoms with Crippen LogP contribution in [-0.4, -0.2) is 147 Å². The van der Waals surface area contributed by atoms with Crippen LogP contribution in [0, 0.1) is 23.7 Å². The van der Waals surface area contributed by atoms with Gasteiger partial charge < -0.3 is 45.5 Å². The second kappa shape index (κ2) is 24.7. The molecule has 0 aliphatic carbocycles. The van der Waals surface area contributed by atoms with Crippen LogP contribution in [0.4, 0.5) is 0 Å². The van der Waals surface area contributed by atoms with Gasteiger partial charge in [-0.1, -0.05) is 85.2 Å². The van der Waals surface area contributed by atoms with E-state index >= 15 is 0 Å². The summed E-state index contributed by atoms with van der Waals surface area (Å²) < 4.78 is 17.7. The average molecular weight is 805 g/mol. The van der Waals surface area contributed by atoms with Crippen molar-refractivity contribution in [1.82, 2.24) is 25.3 Å². The van der Waals surface area contributed by atoms with Crippen LogP contribution in [0.3, 0.4) is 0 Å². The van der Waals surface area contributed by atoms with E-state index in [-0.39, 0.29) is 60.5 Å². The fourth-order valence-electron chi connectivity index (χ4n) is 8.22. The predicted molar refractivity (Wildman–Crippen MR) is 223 cm³/mol. The van der Waals surface area contributed by atoms with Crippen molar-refractivity contribution in [1.29, 1.82) is 0 Å². The summed E-state index contributed by atoms with van der Waals surface area (Å²) in [7, 11) is 8.55. The molecule has 1 aromatic carbocycles. The molecule has 0 saturated carbocycles. The minimum absolute atomic E-state index is 0.0108. The third kappa shape index (κ3) is 14.3. The van der Waals surface area contributed by atoms with E-state index in [4.69, 9.17) is 19.9 Å². The van der Waals surface area contributed by atoms with Crippen molar-refractivity contribution in [3.63, 3.8) is 0 Å². The first-order valence-electron chi connectivity index (χ1n) is 20.9. The number of methoxy groups -OCH3 is 2. The van der Waals surface area contributed by atoms with Crippen molar-refractivity contribution in [2.75, 3.05) is 55.1 Å². The summed E-state index contributed by atoms with van der Waals surface area (Å²) in [6, 6.07) is 6.81. The first kappa shape index (κ1) is 50.0. The fourth-order valence-corrected chi connectivity index (χ4v) is 8.22. The molecule has 326 valence electrons. The summed E-state index contributed by atoms with van der Waals surface area (Å²) in [5, 5.41) is 17.0. The number of benzene rings is 1. The van der Waals surface area contributed by atoms with Gasteiger partial charge in [-0.15, -0.1) is 0 Å². The van der Waals surface area contributed by atoms with Crippen molar-refractivity contribution >= 4 is 23.6 Å². The molecule has 1 heterocycles. The highest BCUT2D eigenvalue weighted by Crippen LogP contribution is 2.30. The van der Waals surface area contributed by atoms with E-state index in [0.717, 1.165) is 18.4 Å². The Morgan fingerprint density at radius 2 is 1.60 bits per heavy atom. The summed E-state index contributed by atoms with van der Waals surface area (Å²) in [6.45, 7) is 14.8. The van der Waals surface area contributed by atoms with Crippen molar-refractivity contribution < 1.29 is 38.5 Å². The topological polar surface area (TPSA) is 176 Å². The van der Waals surface area contributed by atoms with Gasteiger partial charge in [0.05, 0.1) is 55.3 Å². The summed E-state index contributed by atoms with van der Waals surface area (Å²) >= 11 is 0. The summed E-state index contributed by atoms with van der Waals surface area (Å²) in [4.78, 5) is 61.2. The van der Waals surface area contributed by atoms with Crippen LogP contribution in [0.15, 0.2) is 30.3 Å². The highest BCUT2D eigenvalue weighted by atomic mass is 16.6. The summed E-state index contributed by atoms with van der Waals surface area (Å²) in [5.74, 6) is -1.78. The number of aliphatic hydroxyl groups is 1. The van der Waals surface area contributed by atoms with Crippen LogP contribution < -0.4 is 16.4 Å². The molecule has 14 heteroatoms. The van der Waals surface area contributed by atoms with Gasteiger partial charge in [0.2, 0.25) is 23.6 Å². The van der Waals surface area contributed by atoms with Crippen LogP contribution in [0.1, 0.15) is 86.1 Å². The van der Waals surface area contributed by atoms with Gasteiger partial charge in [0.1, 0.15) is 6.04 Å². The maximum Gasteiger partial charge on any atom is 0.245 e. The van der Waals surface area contributed by atoms with E-state index in [2.05, 4.69) is 10.6 Å². The molecule has 0 radical (unpaired) electrons. The monoisotopic (exact) mass is 805 g/mol. The SMILES string of the molecule is CC[C@H](C)[C@@H]([C@@H](CC(=O)N1CCC[C@H]1[C@H](OC)[C@@H](C)C(=O)N[C@@H](Cc1ccccc1)C(O)OCCCN)OC)N(C)C(=O)[C@@H](NC(=O)[C@H](C(C)C)N(C)C)C(C)C. The zero-order valence-electron chi connectivity index (χ0n) is 36.9. The third-order valence-electron chi connectivity index (χ3n) is 11.6. The lowest BCUT2D eigenvalue weighted by Gasteiger charge is -2.41. The Kier molecular flexibility index (Phi) is 21.7. The van der Waals surface area contributed by atoms with E-state index in [1.165, 1.54) is 0 Å². The van der Waals surface area contributed by atoms with Gasteiger partial charge in [-0.25, -0.2) is 0 Å². The van der Waals surface area contributed by atoms with E-state index in [1.807, 2.05) is 90.9 Å². The fraction of sp³-hybridized carbons (Fsp3) is 0.767. The number of nitrogens with zero attached hydrogens (tertiary/aromatic N) is 3. The number of hydrogen-bond acceptors (Lipinski definition) is 10. The van der Waals surface area contributed by atoms with E-state index in [9.17, 15) is 24.3 Å². The molecular weight excluding hydrogens is 729 g/mol. The number of ether oxygens (including phenoxy) is 3. The molecule has 57 heavy (non-hydrogen) atoms. The molecule has 1 unspecified atom stereocenters. The number of carbonyl (C=O) groups is 4. The molecule has 14 nitrogen and oxygen atoms in total. The molecule has 4 amide bonds. The number of hydrogen-bond donors (Lipinski definition) is 4. The first-order valence-corrected chi connectivity index (χ1v) is 20.9. The molecule has 1 aliphatic heterocycles. The lowest BCUT2D eigenvalue weighted by Crippen LogP contribution is -2.59. The van der Waals surface area contributed by atoms with Crippen molar-refractivity contribution in [2.24, 2.45) is 29.4 Å². The Morgan fingerprint density at radius 1 is 0.947 bits per heavy atom. The molecule has 0 spiro atoms. The predicted octanol–water partition coefficient (Wildman–Crippen LogP) is 3.05. The zero-order chi connectivity index (χ0) is 43.0. The van der Waals surface area contributed by atoms with Gasteiger partial charge in [-0.3, -0.25) is 24.1 Å². The average Bonchev–Trinajstić information content (AvgIpc) is 3.65. The first-order chi connectivity index (χ1) is 26.9. The highest BCUT2D eigenvalue weighted by Gasteiger charge is 2.43. The number of carbonyl (C=O) groups excluding carboxylic acids is 4. The standard InChI is InChI=1S/C43H76N6O8/c1-13-29(6)38(48(10)42(53)36(27(2)3)46-41(52)37(28(4)5)47(8)9)34(55-11)26-35(50)49-23-17-21-33(49)39(56-12)30(7)40(51)45-32(43(54)57-24-18-22-44)25-31-19-15-14-16-20-31/h14-16,19-20,27-30,32-34,36-39,43,54H,13,17-18,21-26,44H2,1-12H3,(H,45,51)(H,46,52)/t29-,30+,32-,33-,34+,36-,37-,38-,39+,43?/m0/s1. The number of likely N-dealkylation sites (N-methyl/N-ethyl adjacent to an activating group) is 2.